The highest BCUT2D eigenvalue weighted by molar-refractivity contribution is 9.10. The summed E-state index contributed by atoms with van der Waals surface area (Å²) in [5.74, 6) is 0.755. The van der Waals surface area contributed by atoms with Crippen molar-refractivity contribution in [1.29, 1.82) is 0 Å². The lowest BCUT2D eigenvalue weighted by molar-refractivity contribution is 0.423. The van der Waals surface area contributed by atoms with Crippen LogP contribution in [0.3, 0.4) is 0 Å². The van der Waals surface area contributed by atoms with Crippen molar-refractivity contribution >= 4 is 15.9 Å². The Morgan fingerprint density at radius 1 is 1.15 bits per heavy atom. The van der Waals surface area contributed by atoms with Crippen molar-refractivity contribution in [2.45, 2.75) is 39.8 Å². The quantitative estimate of drug-likeness (QED) is 0.918. The molecule has 0 spiro atoms. The van der Waals surface area contributed by atoms with E-state index >= 15 is 0 Å². The predicted octanol–water partition coefficient (Wildman–Crippen LogP) is 4.10. The first-order valence-corrected chi connectivity index (χ1v) is 7.47. The van der Waals surface area contributed by atoms with Gasteiger partial charge in [-0.15, -0.1) is 0 Å². The molecule has 2 rings (SSSR count). The van der Waals surface area contributed by atoms with Crippen molar-refractivity contribution in [3.8, 4) is 11.4 Å². The lowest BCUT2D eigenvalue weighted by atomic mass is 10.1. The van der Waals surface area contributed by atoms with Gasteiger partial charge in [0.15, 0.2) is 5.82 Å². The van der Waals surface area contributed by atoms with Crippen molar-refractivity contribution in [3.05, 3.63) is 46.2 Å². The summed E-state index contributed by atoms with van der Waals surface area (Å²) in [6, 6.07) is 6.16. The molecule has 0 aliphatic rings. The largest absolute Gasteiger partial charge is 0.308 e. The van der Waals surface area contributed by atoms with Gasteiger partial charge in [-0.05, 0) is 39.3 Å². The minimum absolute atomic E-state index is 0.0977. The molecule has 1 aromatic carbocycles. The Morgan fingerprint density at radius 2 is 1.80 bits per heavy atom. The molecule has 0 aliphatic heterocycles. The molecule has 0 radical (unpaired) electrons. The van der Waals surface area contributed by atoms with Gasteiger partial charge in [0.1, 0.15) is 0 Å². The molecule has 3 nitrogen and oxygen atoms in total. The van der Waals surface area contributed by atoms with E-state index in [1.54, 1.807) is 0 Å². The Morgan fingerprint density at radius 3 is 2.35 bits per heavy atom. The van der Waals surface area contributed by atoms with Crippen LogP contribution in [0.25, 0.3) is 11.4 Å². The molecule has 1 heterocycles. The van der Waals surface area contributed by atoms with Crippen LogP contribution in [-0.4, -0.2) is 15.5 Å². The predicted molar refractivity (Wildman–Crippen MR) is 86.5 cm³/mol. The zero-order chi connectivity index (χ0) is 14.8. The van der Waals surface area contributed by atoms with Gasteiger partial charge in [0.2, 0.25) is 0 Å². The maximum atomic E-state index is 4.45. The highest BCUT2D eigenvalue weighted by Gasteiger charge is 2.09. The van der Waals surface area contributed by atoms with Crippen LogP contribution in [0, 0.1) is 6.92 Å². The molecule has 1 N–H and O–H groups in total. The number of rotatable bonds is 3. The Bertz CT molecular complexity index is 586. The average Bonchev–Trinajstić information content (AvgIpc) is 2.39. The summed E-state index contributed by atoms with van der Waals surface area (Å²) in [7, 11) is 0. The van der Waals surface area contributed by atoms with E-state index < -0.39 is 0 Å². The van der Waals surface area contributed by atoms with Gasteiger partial charge in [0.05, 0.1) is 0 Å². The highest BCUT2D eigenvalue weighted by Crippen LogP contribution is 2.23. The number of hydrogen-bond acceptors (Lipinski definition) is 3. The molecule has 4 heteroatoms. The van der Waals surface area contributed by atoms with Gasteiger partial charge in [-0.1, -0.05) is 28.1 Å². The van der Waals surface area contributed by atoms with Crippen LogP contribution in [0.1, 0.15) is 31.9 Å². The van der Waals surface area contributed by atoms with E-state index in [-0.39, 0.29) is 5.54 Å². The third-order valence-electron chi connectivity index (χ3n) is 2.96. The Hall–Kier alpha value is -1.26. The van der Waals surface area contributed by atoms with Crippen LogP contribution in [0.4, 0.5) is 0 Å². The first kappa shape index (κ1) is 15.1. The fourth-order valence-electron chi connectivity index (χ4n) is 1.69. The van der Waals surface area contributed by atoms with Gasteiger partial charge < -0.3 is 5.32 Å². The van der Waals surface area contributed by atoms with Crippen molar-refractivity contribution in [1.82, 2.24) is 15.3 Å². The standard InChI is InChI=1S/C16H20BrN3/c1-11-5-6-13(7-14(11)17)15-18-8-12(9-19-15)10-20-16(2,3)4/h5-9,20H,10H2,1-4H3. The Balaban J connectivity index is 2.13. The number of halogens is 1. The Kier molecular flexibility index (Phi) is 4.55. The average molecular weight is 334 g/mol. The summed E-state index contributed by atoms with van der Waals surface area (Å²) in [6.45, 7) is 9.28. The number of benzene rings is 1. The summed E-state index contributed by atoms with van der Waals surface area (Å²) >= 11 is 3.54. The van der Waals surface area contributed by atoms with Gasteiger partial charge >= 0.3 is 0 Å². The van der Waals surface area contributed by atoms with E-state index in [9.17, 15) is 0 Å². The van der Waals surface area contributed by atoms with Crippen molar-refractivity contribution in [3.63, 3.8) is 0 Å². The molecule has 0 amide bonds. The van der Waals surface area contributed by atoms with E-state index in [4.69, 9.17) is 0 Å². The molecule has 0 fully saturated rings. The van der Waals surface area contributed by atoms with Crippen LogP contribution >= 0.6 is 15.9 Å². The highest BCUT2D eigenvalue weighted by atomic mass is 79.9. The van der Waals surface area contributed by atoms with Gasteiger partial charge in [0, 0.05) is 40.1 Å². The van der Waals surface area contributed by atoms with Crippen molar-refractivity contribution in [2.24, 2.45) is 0 Å². The molecule has 0 saturated heterocycles. The number of aromatic nitrogens is 2. The van der Waals surface area contributed by atoms with E-state index in [2.05, 4.69) is 71.0 Å². The lowest BCUT2D eigenvalue weighted by Crippen LogP contribution is -2.35. The summed E-state index contributed by atoms with van der Waals surface area (Å²) in [4.78, 5) is 8.90. The van der Waals surface area contributed by atoms with Gasteiger partial charge in [-0.2, -0.15) is 0 Å². The second-order valence-corrected chi connectivity index (χ2v) is 6.84. The topological polar surface area (TPSA) is 37.8 Å². The Labute approximate surface area is 129 Å². The van der Waals surface area contributed by atoms with Crippen molar-refractivity contribution < 1.29 is 0 Å². The zero-order valence-corrected chi connectivity index (χ0v) is 14.0. The molecule has 20 heavy (non-hydrogen) atoms. The SMILES string of the molecule is Cc1ccc(-c2ncc(CNC(C)(C)C)cn2)cc1Br. The van der Waals surface area contributed by atoms with Crippen molar-refractivity contribution in [2.75, 3.05) is 0 Å². The summed E-state index contributed by atoms with van der Waals surface area (Å²) in [5, 5.41) is 3.43. The number of nitrogens with zero attached hydrogens (tertiary/aromatic N) is 2. The lowest BCUT2D eigenvalue weighted by Gasteiger charge is -2.20. The molecule has 1 aromatic heterocycles. The molecular formula is C16H20BrN3. The first-order chi connectivity index (χ1) is 9.35. The van der Waals surface area contributed by atoms with Crippen LogP contribution in [0.5, 0.6) is 0 Å². The molecule has 0 saturated carbocycles. The molecular weight excluding hydrogens is 314 g/mol. The number of nitrogens with one attached hydrogen (secondary N) is 1. The zero-order valence-electron chi connectivity index (χ0n) is 12.4. The molecule has 106 valence electrons. The second-order valence-electron chi connectivity index (χ2n) is 5.98. The van der Waals surface area contributed by atoms with Gasteiger partial charge in [-0.25, -0.2) is 9.97 Å². The maximum absolute atomic E-state index is 4.45. The fraction of sp³-hybridized carbons (Fsp3) is 0.375. The van der Waals surface area contributed by atoms with E-state index in [0.29, 0.717) is 0 Å². The maximum Gasteiger partial charge on any atom is 0.159 e. The smallest absolute Gasteiger partial charge is 0.159 e. The monoisotopic (exact) mass is 333 g/mol. The summed E-state index contributed by atoms with van der Waals surface area (Å²) in [5.41, 5.74) is 3.42. The van der Waals surface area contributed by atoms with E-state index in [0.717, 1.165) is 28.0 Å². The third kappa shape index (κ3) is 4.12. The van der Waals surface area contributed by atoms with Gasteiger partial charge in [-0.3, -0.25) is 0 Å². The fourth-order valence-corrected chi connectivity index (χ4v) is 2.07. The minimum Gasteiger partial charge on any atom is -0.308 e. The van der Waals surface area contributed by atoms with Crippen LogP contribution < -0.4 is 5.32 Å². The van der Waals surface area contributed by atoms with Crippen LogP contribution in [0.15, 0.2) is 35.1 Å². The molecule has 0 bridgehead atoms. The van der Waals surface area contributed by atoms with Crippen LogP contribution in [-0.2, 0) is 6.54 Å². The molecule has 0 unspecified atom stereocenters. The van der Waals surface area contributed by atoms with Crippen LogP contribution in [0.2, 0.25) is 0 Å². The molecule has 0 aliphatic carbocycles. The van der Waals surface area contributed by atoms with E-state index in [1.165, 1.54) is 5.56 Å². The van der Waals surface area contributed by atoms with E-state index in [1.807, 2.05) is 18.5 Å². The summed E-state index contributed by atoms with van der Waals surface area (Å²) in [6.07, 6.45) is 3.77. The first-order valence-electron chi connectivity index (χ1n) is 6.68. The second kappa shape index (κ2) is 6.02. The molecule has 0 atom stereocenters. The third-order valence-corrected chi connectivity index (χ3v) is 3.81. The minimum atomic E-state index is 0.0977. The summed E-state index contributed by atoms with van der Waals surface area (Å²) < 4.78 is 1.08. The van der Waals surface area contributed by atoms with Gasteiger partial charge in [0.25, 0.3) is 0 Å². The number of aryl methyl sites for hydroxylation is 1. The number of hydrogen-bond donors (Lipinski definition) is 1. The molecule has 2 aromatic rings. The normalized spacial score (nSPS) is 11.7.